The number of piperidine rings is 1. The molecule has 4 heteroatoms. The molecule has 1 unspecified atom stereocenters. The van der Waals surface area contributed by atoms with Crippen LogP contribution < -0.4 is 5.32 Å². The number of likely N-dealkylation sites (tertiary alicyclic amines) is 1. The Morgan fingerprint density at radius 1 is 1.33 bits per heavy atom. The quantitative estimate of drug-likeness (QED) is 0.794. The van der Waals surface area contributed by atoms with E-state index in [0.717, 1.165) is 0 Å². The fourth-order valence-electron chi connectivity index (χ4n) is 3.03. The monoisotopic (exact) mass is 254 g/mol. The molecule has 0 aromatic heterocycles. The van der Waals surface area contributed by atoms with E-state index in [9.17, 15) is 9.90 Å². The van der Waals surface area contributed by atoms with Gasteiger partial charge in [0.2, 0.25) is 5.91 Å². The van der Waals surface area contributed by atoms with Crippen molar-refractivity contribution in [1.29, 1.82) is 0 Å². The first-order chi connectivity index (χ1) is 8.49. The zero-order chi connectivity index (χ0) is 13.2. The normalized spacial score (nSPS) is 28.6. The van der Waals surface area contributed by atoms with Crippen LogP contribution in [0.5, 0.6) is 0 Å². The van der Waals surface area contributed by atoms with Crippen LogP contribution in [-0.2, 0) is 4.79 Å². The zero-order valence-corrected chi connectivity index (χ0v) is 11.6. The third-order valence-corrected chi connectivity index (χ3v) is 4.42. The Hall–Kier alpha value is -0.610. The predicted molar refractivity (Wildman–Crippen MR) is 71.2 cm³/mol. The summed E-state index contributed by atoms with van der Waals surface area (Å²) in [5.41, 5.74) is -0.179. The van der Waals surface area contributed by atoms with Gasteiger partial charge in [-0.3, -0.25) is 4.79 Å². The van der Waals surface area contributed by atoms with E-state index in [0.29, 0.717) is 32.1 Å². The first-order valence-electron chi connectivity index (χ1n) is 7.18. The standard InChI is InChI=1S/C14H26N2O2/c1-14(2)10-16(8-7-12(14)17)13(18)9-15-11-5-3-4-6-11/h11-12,15,17H,3-10H2,1-2H3. The molecule has 1 atom stereocenters. The lowest BCUT2D eigenvalue weighted by Crippen LogP contribution is -2.52. The van der Waals surface area contributed by atoms with Gasteiger partial charge < -0.3 is 15.3 Å². The average Bonchev–Trinajstić information content (AvgIpc) is 2.82. The first-order valence-corrected chi connectivity index (χ1v) is 7.18. The molecular formula is C14H26N2O2. The molecule has 1 aliphatic heterocycles. The summed E-state index contributed by atoms with van der Waals surface area (Å²) in [6.45, 7) is 5.87. The maximum absolute atomic E-state index is 12.1. The van der Waals surface area contributed by atoms with Gasteiger partial charge in [-0.15, -0.1) is 0 Å². The minimum atomic E-state index is -0.288. The number of hydrogen-bond acceptors (Lipinski definition) is 3. The lowest BCUT2D eigenvalue weighted by atomic mass is 9.81. The molecule has 0 radical (unpaired) electrons. The number of nitrogens with zero attached hydrogens (tertiary/aromatic N) is 1. The van der Waals surface area contributed by atoms with E-state index in [1.165, 1.54) is 25.7 Å². The molecule has 0 spiro atoms. The second-order valence-electron chi connectivity index (χ2n) is 6.47. The second-order valence-corrected chi connectivity index (χ2v) is 6.47. The van der Waals surface area contributed by atoms with Crippen LogP contribution in [0.3, 0.4) is 0 Å². The topological polar surface area (TPSA) is 52.6 Å². The molecule has 1 saturated heterocycles. The molecule has 2 aliphatic rings. The van der Waals surface area contributed by atoms with Gasteiger partial charge in [-0.25, -0.2) is 0 Å². The molecule has 0 bridgehead atoms. The van der Waals surface area contributed by atoms with E-state index in [1.54, 1.807) is 0 Å². The number of nitrogens with one attached hydrogen (secondary N) is 1. The van der Waals surface area contributed by atoms with Gasteiger partial charge in [0.1, 0.15) is 0 Å². The van der Waals surface area contributed by atoms with E-state index in [-0.39, 0.29) is 17.4 Å². The first kappa shape index (κ1) is 13.8. The summed E-state index contributed by atoms with van der Waals surface area (Å²) in [6.07, 6.45) is 5.39. The molecule has 4 nitrogen and oxygen atoms in total. The summed E-state index contributed by atoms with van der Waals surface area (Å²) in [5, 5.41) is 13.2. The van der Waals surface area contributed by atoms with Crippen molar-refractivity contribution in [2.45, 2.75) is 58.1 Å². The fourth-order valence-corrected chi connectivity index (χ4v) is 3.03. The molecule has 2 N–H and O–H groups in total. The lowest BCUT2D eigenvalue weighted by molar-refractivity contribution is -0.137. The van der Waals surface area contributed by atoms with E-state index in [1.807, 2.05) is 18.7 Å². The molecule has 1 amide bonds. The summed E-state index contributed by atoms with van der Waals surface area (Å²) >= 11 is 0. The zero-order valence-electron chi connectivity index (χ0n) is 11.6. The van der Waals surface area contributed by atoms with Crippen LogP contribution in [0.2, 0.25) is 0 Å². The highest BCUT2D eigenvalue weighted by Crippen LogP contribution is 2.29. The van der Waals surface area contributed by atoms with Crippen molar-refractivity contribution in [3.8, 4) is 0 Å². The van der Waals surface area contributed by atoms with E-state index in [2.05, 4.69) is 5.32 Å². The maximum atomic E-state index is 12.1. The summed E-state index contributed by atoms with van der Waals surface area (Å²) in [5.74, 6) is 0.182. The van der Waals surface area contributed by atoms with Gasteiger partial charge in [-0.1, -0.05) is 26.7 Å². The number of amides is 1. The third-order valence-electron chi connectivity index (χ3n) is 4.42. The van der Waals surface area contributed by atoms with Gasteiger partial charge in [-0.05, 0) is 19.3 Å². The molecular weight excluding hydrogens is 228 g/mol. The lowest BCUT2D eigenvalue weighted by Gasteiger charge is -2.41. The smallest absolute Gasteiger partial charge is 0.236 e. The molecule has 1 aliphatic carbocycles. The fraction of sp³-hybridized carbons (Fsp3) is 0.929. The van der Waals surface area contributed by atoms with Crippen molar-refractivity contribution in [3.05, 3.63) is 0 Å². The summed E-state index contributed by atoms with van der Waals surface area (Å²) < 4.78 is 0. The number of hydrogen-bond donors (Lipinski definition) is 2. The molecule has 1 saturated carbocycles. The van der Waals surface area contributed by atoms with Gasteiger partial charge in [0.15, 0.2) is 0 Å². The van der Waals surface area contributed by atoms with Crippen LogP contribution in [0.4, 0.5) is 0 Å². The van der Waals surface area contributed by atoms with E-state index >= 15 is 0 Å². The Bertz CT molecular complexity index is 298. The summed E-state index contributed by atoms with van der Waals surface area (Å²) in [6, 6.07) is 0.539. The largest absolute Gasteiger partial charge is 0.392 e. The van der Waals surface area contributed by atoms with Gasteiger partial charge in [0.25, 0.3) is 0 Å². The predicted octanol–water partition coefficient (Wildman–Crippen LogP) is 1.14. The van der Waals surface area contributed by atoms with Crippen molar-refractivity contribution in [1.82, 2.24) is 10.2 Å². The van der Waals surface area contributed by atoms with Crippen molar-refractivity contribution < 1.29 is 9.90 Å². The van der Waals surface area contributed by atoms with Crippen LogP contribution in [-0.4, -0.2) is 47.7 Å². The van der Waals surface area contributed by atoms with Crippen molar-refractivity contribution in [2.75, 3.05) is 19.6 Å². The number of aliphatic hydroxyl groups excluding tert-OH is 1. The minimum absolute atomic E-state index is 0.179. The van der Waals surface area contributed by atoms with Crippen LogP contribution in [0.25, 0.3) is 0 Å². The highest BCUT2D eigenvalue weighted by Gasteiger charge is 2.36. The molecule has 0 aromatic carbocycles. The van der Waals surface area contributed by atoms with Gasteiger partial charge in [-0.2, -0.15) is 0 Å². The van der Waals surface area contributed by atoms with Crippen molar-refractivity contribution in [2.24, 2.45) is 5.41 Å². The molecule has 104 valence electrons. The Labute approximate surface area is 110 Å². The SMILES string of the molecule is CC1(C)CN(C(=O)CNC2CCCC2)CCC1O. The number of aliphatic hydroxyl groups is 1. The summed E-state index contributed by atoms with van der Waals surface area (Å²) in [4.78, 5) is 14.0. The summed E-state index contributed by atoms with van der Waals surface area (Å²) in [7, 11) is 0. The Morgan fingerprint density at radius 2 is 2.00 bits per heavy atom. The molecule has 1 heterocycles. The van der Waals surface area contributed by atoms with Crippen LogP contribution in [0.15, 0.2) is 0 Å². The third kappa shape index (κ3) is 3.23. The Kier molecular flexibility index (Phi) is 4.28. The van der Waals surface area contributed by atoms with Crippen LogP contribution >= 0.6 is 0 Å². The molecule has 18 heavy (non-hydrogen) atoms. The van der Waals surface area contributed by atoms with Gasteiger partial charge in [0, 0.05) is 24.5 Å². The van der Waals surface area contributed by atoms with E-state index < -0.39 is 0 Å². The van der Waals surface area contributed by atoms with Crippen molar-refractivity contribution >= 4 is 5.91 Å². The van der Waals surface area contributed by atoms with E-state index in [4.69, 9.17) is 0 Å². The van der Waals surface area contributed by atoms with Crippen LogP contribution in [0.1, 0.15) is 46.0 Å². The van der Waals surface area contributed by atoms with Crippen molar-refractivity contribution in [3.63, 3.8) is 0 Å². The average molecular weight is 254 g/mol. The van der Waals surface area contributed by atoms with Gasteiger partial charge in [0.05, 0.1) is 12.6 Å². The number of carbonyl (C=O) groups is 1. The van der Waals surface area contributed by atoms with Crippen LogP contribution in [0, 0.1) is 5.41 Å². The number of carbonyl (C=O) groups excluding carboxylic acids is 1. The molecule has 0 aromatic rings. The maximum Gasteiger partial charge on any atom is 0.236 e. The Morgan fingerprint density at radius 3 is 2.61 bits per heavy atom. The highest BCUT2D eigenvalue weighted by atomic mass is 16.3. The highest BCUT2D eigenvalue weighted by molar-refractivity contribution is 5.78. The van der Waals surface area contributed by atoms with Gasteiger partial charge >= 0.3 is 0 Å². The molecule has 2 fully saturated rings. The number of rotatable bonds is 3. The molecule has 2 rings (SSSR count). The second kappa shape index (κ2) is 5.57. The Balaban J connectivity index is 1.78. The minimum Gasteiger partial charge on any atom is -0.392 e.